The molecule has 0 spiro atoms. The van der Waals surface area contributed by atoms with E-state index in [2.05, 4.69) is 15.5 Å². The zero-order chi connectivity index (χ0) is 15.5. The number of hydrogen-bond acceptors (Lipinski definition) is 4. The summed E-state index contributed by atoms with van der Waals surface area (Å²) in [6, 6.07) is 7.49. The normalized spacial score (nSPS) is 10.6. The van der Waals surface area contributed by atoms with Crippen LogP contribution in [0.1, 0.15) is 6.92 Å². The number of hydrogen-bond donors (Lipinski definition) is 2. The third-order valence-electron chi connectivity index (χ3n) is 3.20. The second-order valence-electron chi connectivity index (χ2n) is 4.76. The number of nitrogens with one attached hydrogen (secondary N) is 2. The third kappa shape index (κ3) is 2.69. The van der Waals surface area contributed by atoms with Crippen LogP contribution in [0.4, 0.5) is 0 Å². The maximum absolute atomic E-state index is 12.1. The van der Waals surface area contributed by atoms with Gasteiger partial charge >= 0.3 is 5.63 Å². The zero-order valence-electron chi connectivity index (χ0n) is 11.9. The molecule has 7 nitrogen and oxygen atoms in total. The summed E-state index contributed by atoms with van der Waals surface area (Å²) in [4.78, 5) is 23.0. The van der Waals surface area contributed by atoms with Gasteiger partial charge in [-0.25, -0.2) is 4.79 Å². The Morgan fingerprint density at radius 3 is 2.77 bits per heavy atom. The number of amides is 1. The highest BCUT2D eigenvalue weighted by Crippen LogP contribution is 2.29. The number of benzene rings is 1. The first-order valence-corrected chi connectivity index (χ1v) is 6.69. The molecular formula is C15H14N4O3. The monoisotopic (exact) mass is 298 g/mol. The van der Waals surface area contributed by atoms with Crippen LogP contribution in [0.5, 0.6) is 0 Å². The molecule has 1 amide bonds. The van der Waals surface area contributed by atoms with Crippen LogP contribution in [0.15, 0.2) is 52.2 Å². The molecule has 0 bridgehead atoms. The average molecular weight is 298 g/mol. The second-order valence-corrected chi connectivity index (χ2v) is 4.76. The standard InChI is InChI=1S/C15H14N4O3/c1-10(20)16-9-19-8-14(15(21)22-19)13-5-3-2-4-12(13)11-6-17-18-7-11/h2-8H,9H2,1H3,(H,16,20)(H,17,18). The SMILES string of the molecule is CC(=O)NCn1cc(-c2ccccc2-c2cn[nH]c2)c(=O)o1. The number of rotatable bonds is 4. The van der Waals surface area contributed by atoms with Crippen LogP contribution in [0.25, 0.3) is 22.3 Å². The average Bonchev–Trinajstić information content (AvgIpc) is 3.14. The zero-order valence-corrected chi connectivity index (χ0v) is 11.9. The van der Waals surface area contributed by atoms with Crippen LogP contribution >= 0.6 is 0 Å². The van der Waals surface area contributed by atoms with Gasteiger partial charge in [0.05, 0.1) is 18.0 Å². The van der Waals surface area contributed by atoms with Crippen molar-refractivity contribution in [1.82, 2.24) is 20.3 Å². The van der Waals surface area contributed by atoms with Crippen LogP contribution in [0, 0.1) is 0 Å². The lowest BCUT2D eigenvalue weighted by Gasteiger charge is -2.04. The van der Waals surface area contributed by atoms with E-state index in [1.54, 1.807) is 18.6 Å². The summed E-state index contributed by atoms with van der Waals surface area (Å²) in [6.45, 7) is 1.51. The Bertz CT molecular complexity index is 846. The van der Waals surface area contributed by atoms with Gasteiger partial charge in [-0.1, -0.05) is 24.3 Å². The Hall–Kier alpha value is -3.09. The van der Waals surface area contributed by atoms with Gasteiger partial charge in [0, 0.05) is 18.7 Å². The van der Waals surface area contributed by atoms with Gasteiger partial charge in [-0.3, -0.25) is 9.89 Å². The molecule has 2 heterocycles. The summed E-state index contributed by atoms with van der Waals surface area (Å²) in [6.07, 6.45) is 5.03. The summed E-state index contributed by atoms with van der Waals surface area (Å²) < 4.78 is 6.41. The highest BCUT2D eigenvalue weighted by Gasteiger charge is 2.14. The molecule has 0 atom stereocenters. The van der Waals surface area contributed by atoms with Crippen LogP contribution in [-0.4, -0.2) is 20.8 Å². The van der Waals surface area contributed by atoms with Crippen molar-refractivity contribution >= 4 is 5.91 Å². The van der Waals surface area contributed by atoms with Gasteiger partial charge in [-0.05, 0) is 11.1 Å². The van der Waals surface area contributed by atoms with Crippen molar-refractivity contribution in [1.29, 1.82) is 0 Å². The van der Waals surface area contributed by atoms with Gasteiger partial charge in [0.15, 0.2) is 0 Å². The molecule has 0 aliphatic rings. The minimum Gasteiger partial charge on any atom is -0.336 e. The van der Waals surface area contributed by atoms with Gasteiger partial charge in [0.25, 0.3) is 0 Å². The van der Waals surface area contributed by atoms with Crippen LogP contribution in [0.3, 0.4) is 0 Å². The highest BCUT2D eigenvalue weighted by molar-refractivity contribution is 5.82. The van der Waals surface area contributed by atoms with E-state index in [0.717, 1.165) is 16.7 Å². The molecule has 0 saturated heterocycles. The van der Waals surface area contributed by atoms with Crippen LogP contribution in [-0.2, 0) is 11.5 Å². The van der Waals surface area contributed by atoms with Crippen LogP contribution < -0.4 is 10.9 Å². The predicted octanol–water partition coefficient (Wildman–Crippen LogP) is 1.59. The van der Waals surface area contributed by atoms with Crippen molar-refractivity contribution in [3.8, 4) is 22.3 Å². The third-order valence-corrected chi connectivity index (χ3v) is 3.20. The molecular weight excluding hydrogens is 284 g/mol. The minimum absolute atomic E-state index is 0.110. The summed E-state index contributed by atoms with van der Waals surface area (Å²) >= 11 is 0. The fourth-order valence-electron chi connectivity index (χ4n) is 2.19. The van der Waals surface area contributed by atoms with Crippen molar-refractivity contribution < 1.29 is 9.32 Å². The largest absolute Gasteiger partial charge is 0.365 e. The van der Waals surface area contributed by atoms with Gasteiger partial charge in [0.2, 0.25) is 5.91 Å². The number of carbonyl (C=O) groups is 1. The molecule has 0 unspecified atom stereocenters. The summed E-state index contributed by atoms with van der Waals surface area (Å²) in [7, 11) is 0. The van der Waals surface area contributed by atoms with E-state index in [4.69, 9.17) is 4.52 Å². The van der Waals surface area contributed by atoms with E-state index in [1.165, 1.54) is 11.7 Å². The lowest BCUT2D eigenvalue weighted by Crippen LogP contribution is -2.22. The van der Waals surface area contributed by atoms with Crippen molar-refractivity contribution in [2.75, 3.05) is 0 Å². The molecule has 22 heavy (non-hydrogen) atoms. The Kier molecular flexibility index (Phi) is 3.61. The molecule has 0 radical (unpaired) electrons. The van der Waals surface area contributed by atoms with Crippen molar-refractivity contribution in [3.05, 3.63) is 53.3 Å². The highest BCUT2D eigenvalue weighted by atomic mass is 16.5. The van der Waals surface area contributed by atoms with E-state index < -0.39 is 5.63 Å². The van der Waals surface area contributed by atoms with Crippen molar-refractivity contribution in [2.45, 2.75) is 13.6 Å². The molecule has 7 heteroatoms. The summed E-state index contributed by atoms with van der Waals surface area (Å²) in [5.41, 5.74) is 2.48. The van der Waals surface area contributed by atoms with Crippen molar-refractivity contribution in [3.63, 3.8) is 0 Å². The quantitative estimate of drug-likeness (QED) is 0.765. The van der Waals surface area contributed by atoms with E-state index in [0.29, 0.717) is 5.56 Å². The minimum atomic E-state index is -0.457. The molecule has 0 fully saturated rings. The maximum Gasteiger partial charge on any atom is 0.365 e. The first kappa shape index (κ1) is 13.9. The van der Waals surface area contributed by atoms with Gasteiger partial charge in [0.1, 0.15) is 6.67 Å². The Balaban J connectivity index is 2.02. The summed E-state index contributed by atoms with van der Waals surface area (Å²) in [5.74, 6) is -0.198. The molecule has 0 saturated carbocycles. The Morgan fingerprint density at radius 2 is 2.09 bits per heavy atom. The molecule has 0 aliphatic carbocycles. The van der Waals surface area contributed by atoms with E-state index in [-0.39, 0.29) is 12.6 Å². The fraction of sp³-hybridized carbons (Fsp3) is 0.133. The number of H-pyrrole nitrogens is 1. The number of aromatic amines is 1. The number of carbonyl (C=O) groups excluding carboxylic acids is 1. The Morgan fingerprint density at radius 1 is 1.32 bits per heavy atom. The predicted molar refractivity (Wildman–Crippen MR) is 79.8 cm³/mol. The molecule has 2 N–H and O–H groups in total. The van der Waals surface area contributed by atoms with Gasteiger partial charge in [-0.15, -0.1) is 0 Å². The summed E-state index contributed by atoms with van der Waals surface area (Å²) in [5, 5.41) is 9.26. The lowest BCUT2D eigenvalue weighted by atomic mass is 9.98. The van der Waals surface area contributed by atoms with E-state index in [1.807, 2.05) is 24.3 Å². The topological polar surface area (TPSA) is 92.9 Å². The Labute approximate surface area is 125 Å². The first-order chi connectivity index (χ1) is 10.6. The molecule has 3 aromatic rings. The molecule has 3 rings (SSSR count). The molecule has 2 aromatic heterocycles. The smallest absolute Gasteiger partial charge is 0.336 e. The molecule has 112 valence electrons. The number of aromatic nitrogens is 3. The molecule has 1 aromatic carbocycles. The second kappa shape index (κ2) is 5.72. The van der Waals surface area contributed by atoms with Crippen LogP contribution in [0.2, 0.25) is 0 Å². The fourth-order valence-corrected chi connectivity index (χ4v) is 2.19. The van der Waals surface area contributed by atoms with E-state index in [9.17, 15) is 9.59 Å². The van der Waals surface area contributed by atoms with Gasteiger partial charge < -0.3 is 9.84 Å². The van der Waals surface area contributed by atoms with Crippen molar-refractivity contribution in [2.24, 2.45) is 0 Å². The van der Waals surface area contributed by atoms with Gasteiger partial charge in [-0.2, -0.15) is 9.84 Å². The molecule has 0 aliphatic heterocycles. The lowest BCUT2D eigenvalue weighted by molar-refractivity contribution is -0.119. The maximum atomic E-state index is 12.1. The number of nitrogens with zero attached hydrogens (tertiary/aromatic N) is 2. The van der Waals surface area contributed by atoms with E-state index >= 15 is 0 Å². The first-order valence-electron chi connectivity index (χ1n) is 6.69.